The molecule has 0 saturated carbocycles. The first-order valence-electron chi connectivity index (χ1n) is 12.2. The average Bonchev–Trinajstić information content (AvgIpc) is 2.86. The van der Waals surface area contributed by atoms with E-state index in [0.717, 1.165) is 17.9 Å². The molecule has 3 rings (SSSR count). The lowest BCUT2D eigenvalue weighted by Crippen LogP contribution is -2.32. The van der Waals surface area contributed by atoms with E-state index in [4.69, 9.17) is 0 Å². The van der Waals surface area contributed by atoms with Gasteiger partial charge in [-0.1, -0.05) is 42.5 Å². The van der Waals surface area contributed by atoms with Crippen LogP contribution in [0.15, 0.2) is 66.7 Å². The standard InChI is InChI=1S/C27H30F4N2O6S/c1-40(36,37)33-22-14-18(8-11-23(22)35)13-20(34)16-32-21(10-7-17-5-3-2-4-6-17)19-9-12-24(38-26(28)29)25(15-19)39-27(30)31/h2-6,8-9,11-12,14-15,20-21,26-27,32-35H,7,10,13,16H2,1H3/t20-,21+/m0/s1. The molecule has 40 heavy (non-hydrogen) atoms. The summed E-state index contributed by atoms with van der Waals surface area (Å²) in [6.45, 7) is -6.46. The number of ether oxygens (including phenoxy) is 2. The van der Waals surface area contributed by atoms with Crippen LogP contribution in [0.1, 0.15) is 29.2 Å². The predicted molar refractivity (Wildman–Crippen MR) is 141 cm³/mol. The summed E-state index contributed by atoms with van der Waals surface area (Å²) in [6.07, 6.45) is 1.11. The minimum Gasteiger partial charge on any atom is -0.506 e. The van der Waals surface area contributed by atoms with E-state index in [2.05, 4.69) is 19.5 Å². The number of phenolic OH excluding ortho intramolecular Hbond substituents is 1. The Morgan fingerprint density at radius 1 is 0.875 bits per heavy atom. The molecule has 0 fully saturated rings. The van der Waals surface area contributed by atoms with Crippen LogP contribution in [-0.2, 0) is 22.9 Å². The fourth-order valence-corrected chi connectivity index (χ4v) is 4.64. The number of aliphatic hydroxyl groups is 1. The van der Waals surface area contributed by atoms with Gasteiger partial charge in [0.15, 0.2) is 11.5 Å². The Bertz CT molecular complexity index is 1350. The lowest BCUT2D eigenvalue weighted by Gasteiger charge is -2.23. The first kappa shape index (κ1) is 31.0. The number of aryl methyl sites for hydroxylation is 1. The van der Waals surface area contributed by atoms with E-state index < -0.39 is 46.9 Å². The van der Waals surface area contributed by atoms with Gasteiger partial charge in [-0.2, -0.15) is 17.6 Å². The third-order valence-corrected chi connectivity index (χ3v) is 6.38. The van der Waals surface area contributed by atoms with E-state index in [1.54, 1.807) is 0 Å². The Balaban J connectivity index is 1.78. The molecule has 3 aromatic rings. The molecule has 0 radical (unpaired) electrons. The van der Waals surface area contributed by atoms with E-state index in [-0.39, 0.29) is 24.4 Å². The second-order valence-electron chi connectivity index (χ2n) is 9.03. The second kappa shape index (κ2) is 14.2. The van der Waals surface area contributed by atoms with E-state index in [9.17, 15) is 36.2 Å². The second-order valence-corrected chi connectivity index (χ2v) is 10.8. The van der Waals surface area contributed by atoms with Gasteiger partial charge in [-0.05, 0) is 60.2 Å². The molecule has 218 valence electrons. The summed E-state index contributed by atoms with van der Waals surface area (Å²) in [5.41, 5.74) is 1.97. The number of halogens is 4. The van der Waals surface area contributed by atoms with Crippen molar-refractivity contribution in [1.82, 2.24) is 5.32 Å². The van der Waals surface area contributed by atoms with Crippen LogP contribution in [0.4, 0.5) is 23.2 Å². The molecule has 0 amide bonds. The lowest BCUT2D eigenvalue weighted by atomic mass is 9.98. The van der Waals surface area contributed by atoms with E-state index in [0.29, 0.717) is 24.0 Å². The van der Waals surface area contributed by atoms with Gasteiger partial charge in [-0.3, -0.25) is 4.72 Å². The van der Waals surface area contributed by atoms with Gasteiger partial charge in [0.2, 0.25) is 10.0 Å². The number of hydrogen-bond donors (Lipinski definition) is 4. The number of sulfonamides is 1. The maximum Gasteiger partial charge on any atom is 0.387 e. The molecule has 0 aliphatic carbocycles. The average molecular weight is 587 g/mol. The van der Waals surface area contributed by atoms with Crippen LogP contribution in [0.2, 0.25) is 0 Å². The molecular weight excluding hydrogens is 556 g/mol. The van der Waals surface area contributed by atoms with Gasteiger partial charge in [0, 0.05) is 12.6 Å². The highest BCUT2D eigenvalue weighted by Crippen LogP contribution is 2.34. The molecule has 0 aliphatic rings. The van der Waals surface area contributed by atoms with Crippen molar-refractivity contribution in [3.05, 3.63) is 83.4 Å². The summed E-state index contributed by atoms with van der Waals surface area (Å²) in [4.78, 5) is 0. The minimum absolute atomic E-state index is 0.0291. The van der Waals surface area contributed by atoms with Crippen molar-refractivity contribution in [2.24, 2.45) is 0 Å². The summed E-state index contributed by atoms with van der Waals surface area (Å²) in [5.74, 6) is -1.36. The Hall–Kier alpha value is -3.55. The Labute approximate surface area is 229 Å². The quantitative estimate of drug-likeness (QED) is 0.149. The fourth-order valence-electron chi connectivity index (χ4n) is 4.08. The third-order valence-electron chi connectivity index (χ3n) is 5.79. The fraction of sp³-hybridized carbons (Fsp3) is 0.333. The molecule has 0 heterocycles. The topological polar surface area (TPSA) is 117 Å². The Kier molecular flexibility index (Phi) is 11.0. The van der Waals surface area contributed by atoms with Gasteiger partial charge in [0.1, 0.15) is 5.75 Å². The van der Waals surface area contributed by atoms with Crippen LogP contribution < -0.4 is 19.5 Å². The molecular formula is C27H30F4N2O6S. The first-order valence-corrected chi connectivity index (χ1v) is 14.1. The van der Waals surface area contributed by atoms with Crippen molar-refractivity contribution in [2.45, 2.75) is 44.6 Å². The number of benzene rings is 3. The van der Waals surface area contributed by atoms with Gasteiger partial charge >= 0.3 is 13.2 Å². The largest absolute Gasteiger partial charge is 0.506 e. The van der Waals surface area contributed by atoms with Gasteiger partial charge in [-0.25, -0.2) is 8.42 Å². The number of phenols is 1. The van der Waals surface area contributed by atoms with Crippen LogP contribution in [0.5, 0.6) is 17.2 Å². The summed E-state index contributed by atoms with van der Waals surface area (Å²) in [7, 11) is -3.64. The van der Waals surface area contributed by atoms with E-state index in [1.165, 1.54) is 30.3 Å². The maximum atomic E-state index is 13.0. The van der Waals surface area contributed by atoms with Crippen LogP contribution in [0.25, 0.3) is 0 Å². The molecule has 0 spiro atoms. The Morgan fingerprint density at radius 3 is 2.20 bits per heavy atom. The predicted octanol–water partition coefficient (Wildman–Crippen LogP) is 4.83. The van der Waals surface area contributed by atoms with Crippen LogP contribution in [0.3, 0.4) is 0 Å². The summed E-state index contributed by atoms with van der Waals surface area (Å²) in [5, 5.41) is 23.8. The van der Waals surface area contributed by atoms with Crippen molar-refractivity contribution in [1.29, 1.82) is 0 Å². The Morgan fingerprint density at radius 2 is 1.55 bits per heavy atom. The molecule has 0 bridgehead atoms. The first-order chi connectivity index (χ1) is 18.9. The summed E-state index contributed by atoms with van der Waals surface area (Å²) >= 11 is 0. The maximum absolute atomic E-state index is 13.0. The monoisotopic (exact) mass is 586 g/mol. The van der Waals surface area contributed by atoms with E-state index in [1.807, 2.05) is 30.3 Å². The van der Waals surface area contributed by atoms with E-state index >= 15 is 0 Å². The van der Waals surface area contributed by atoms with Gasteiger partial charge < -0.3 is 25.0 Å². The zero-order valence-corrected chi connectivity index (χ0v) is 22.3. The number of anilines is 1. The molecule has 0 aliphatic heterocycles. The van der Waals surface area contributed by atoms with Crippen LogP contribution in [-0.4, -0.2) is 50.8 Å². The van der Waals surface area contributed by atoms with Gasteiger partial charge in [0.25, 0.3) is 0 Å². The van der Waals surface area contributed by atoms with Crippen molar-refractivity contribution in [3.63, 3.8) is 0 Å². The number of aromatic hydroxyl groups is 1. The molecule has 13 heteroatoms. The number of hydrogen-bond acceptors (Lipinski definition) is 7. The van der Waals surface area contributed by atoms with Crippen LogP contribution in [0, 0.1) is 0 Å². The molecule has 0 unspecified atom stereocenters. The number of rotatable bonds is 15. The molecule has 4 N–H and O–H groups in total. The smallest absolute Gasteiger partial charge is 0.387 e. The minimum atomic E-state index is -3.64. The molecule has 3 aromatic carbocycles. The number of alkyl halides is 4. The highest BCUT2D eigenvalue weighted by atomic mass is 32.2. The number of nitrogens with one attached hydrogen (secondary N) is 2. The van der Waals surface area contributed by atoms with Crippen LogP contribution >= 0.6 is 0 Å². The highest BCUT2D eigenvalue weighted by Gasteiger charge is 2.20. The zero-order chi connectivity index (χ0) is 29.3. The zero-order valence-electron chi connectivity index (χ0n) is 21.4. The van der Waals surface area contributed by atoms with Gasteiger partial charge in [0.05, 0.1) is 18.0 Å². The van der Waals surface area contributed by atoms with Crippen molar-refractivity contribution in [3.8, 4) is 17.2 Å². The molecule has 8 nitrogen and oxygen atoms in total. The summed E-state index contributed by atoms with van der Waals surface area (Å²) in [6, 6.07) is 17.0. The van der Waals surface area contributed by atoms with Crippen molar-refractivity contribution in [2.75, 3.05) is 17.5 Å². The summed E-state index contributed by atoms with van der Waals surface area (Å²) < 4.78 is 85.5. The SMILES string of the molecule is CS(=O)(=O)Nc1cc(C[C@H](O)CN[C@H](CCc2ccccc2)c2ccc(OC(F)F)c(OC(F)F)c2)ccc1O. The third kappa shape index (κ3) is 10.2. The van der Waals surface area contributed by atoms with Crippen molar-refractivity contribution < 1.29 is 45.7 Å². The molecule has 0 aromatic heterocycles. The molecule has 0 saturated heterocycles. The van der Waals surface area contributed by atoms with Crippen molar-refractivity contribution >= 4 is 15.7 Å². The van der Waals surface area contributed by atoms with Gasteiger partial charge in [-0.15, -0.1) is 0 Å². The highest BCUT2D eigenvalue weighted by molar-refractivity contribution is 7.92. The lowest BCUT2D eigenvalue weighted by molar-refractivity contribution is -0.0692. The molecule has 2 atom stereocenters. The number of aliphatic hydroxyl groups excluding tert-OH is 1. The normalized spacial score (nSPS) is 13.3.